The largest absolute Gasteiger partial charge is 0.456 e. The lowest BCUT2D eigenvalue weighted by Crippen LogP contribution is -2.36. The van der Waals surface area contributed by atoms with Crippen molar-refractivity contribution in [3.8, 4) is 0 Å². The van der Waals surface area contributed by atoms with Gasteiger partial charge in [0.1, 0.15) is 11.7 Å². The first kappa shape index (κ1) is 19.8. The van der Waals surface area contributed by atoms with Crippen LogP contribution in [-0.2, 0) is 14.3 Å². The number of carbonyl (C=O) groups excluding carboxylic acids is 1. The van der Waals surface area contributed by atoms with Crippen LogP contribution in [0.15, 0.2) is 0 Å². The van der Waals surface area contributed by atoms with Gasteiger partial charge in [-0.25, -0.2) is 0 Å². The number of esters is 1. The molecule has 2 unspecified atom stereocenters. The topological polar surface area (TPSA) is 35.5 Å². The van der Waals surface area contributed by atoms with Crippen molar-refractivity contribution in [1.82, 2.24) is 0 Å². The van der Waals surface area contributed by atoms with Gasteiger partial charge in [0.2, 0.25) is 0 Å². The molecule has 0 saturated carbocycles. The van der Waals surface area contributed by atoms with E-state index in [4.69, 9.17) is 9.47 Å². The molecule has 2 saturated heterocycles. The first-order valence-electron chi connectivity index (χ1n) is 10.3. The molecule has 3 heteroatoms. The first-order valence-corrected chi connectivity index (χ1v) is 10.3. The standard InChI is InChI=1S/C21H38O3/c1-6-10-11-17(7-2)12-16(5)14-20(8-3)15-21(9-4)18(23-20)13-19(22)24-21/h16-18H,6-15H2,1-5H3/t16?,17?,18-,20-,21-/m0/s1. The summed E-state index contributed by atoms with van der Waals surface area (Å²) in [6.45, 7) is 11.3. The maximum absolute atomic E-state index is 11.7. The Kier molecular flexibility index (Phi) is 6.75. The van der Waals surface area contributed by atoms with Gasteiger partial charge in [0.15, 0.2) is 0 Å². The SMILES string of the molecule is CCCCC(CC)CC(C)C[C@@]1(CC)C[C@]2(CC)OC(=O)C[C@@H]2O1. The molecule has 2 aliphatic rings. The van der Waals surface area contributed by atoms with Crippen LogP contribution in [-0.4, -0.2) is 23.3 Å². The number of fused-ring (bicyclic) bond motifs is 1. The molecule has 0 bridgehead atoms. The first-order chi connectivity index (χ1) is 11.4. The van der Waals surface area contributed by atoms with Crippen LogP contribution < -0.4 is 0 Å². The van der Waals surface area contributed by atoms with Crippen molar-refractivity contribution in [2.45, 2.75) is 116 Å². The summed E-state index contributed by atoms with van der Waals surface area (Å²) in [6, 6.07) is 0. The number of unbranched alkanes of at least 4 members (excludes halogenated alkanes) is 1. The molecule has 0 spiro atoms. The second kappa shape index (κ2) is 8.21. The lowest BCUT2D eigenvalue weighted by atomic mass is 9.77. The molecule has 2 heterocycles. The molecule has 0 amide bonds. The molecule has 0 N–H and O–H groups in total. The Morgan fingerprint density at radius 3 is 2.50 bits per heavy atom. The number of hydrogen-bond donors (Lipinski definition) is 0. The van der Waals surface area contributed by atoms with Crippen molar-refractivity contribution in [2.24, 2.45) is 11.8 Å². The minimum atomic E-state index is -0.348. The molecule has 140 valence electrons. The Morgan fingerprint density at radius 1 is 1.21 bits per heavy atom. The molecule has 5 atom stereocenters. The summed E-state index contributed by atoms with van der Waals surface area (Å²) in [5, 5.41) is 0. The molecule has 2 aliphatic heterocycles. The van der Waals surface area contributed by atoms with Crippen LogP contribution in [0.4, 0.5) is 0 Å². The zero-order valence-electron chi connectivity index (χ0n) is 16.5. The van der Waals surface area contributed by atoms with Crippen molar-refractivity contribution in [2.75, 3.05) is 0 Å². The van der Waals surface area contributed by atoms with Gasteiger partial charge in [0.05, 0.1) is 12.0 Å². The maximum atomic E-state index is 11.7. The average molecular weight is 339 g/mol. The van der Waals surface area contributed by atoms with Crippen LogP contribution in [0, 0.1) is 11.8 Å². The van der Waals surface area contributed by atoms with Crippen LogP contribution in [0.3, 0.4) is 0 Å². The van der Waals surface area contributed by atoms with E-state index in [2.05, 4.69) is 34.6 Å². The molecule has 2 rings (SSSR count). The lowest BCUT2D eigenvalue weighted by Gasteiger charge is -2.33. The molecule has 24 heavy (non-hydrogen) atoms. The second-order valence-electron chi connectivity index (χ2n) is 8.38. The fourth-order valence-electron chi connectivity index (χ4n) is 5.03. The molecule has 0 aliphatic carbocycles. The number of hydrogen-bond acceptors (Lipinski definition) is 3. The summed E-state index contributed by atoms with van der Waals surface area (Å²) < 4.78 is 12.3. The Hall–Kier alpha value is -0.570. The molecule has 3 nitrogen and oxygen atoms in total. The molecule has 0 radical (unpaired) electrons. The highest BCUT2D eigenvalue weighted by atomic mass is 16.6. The van der Waals surface area contributed by atoms with E-state index in [-0.39, 0.29) is 23.3 Å². The second-order valence-corrected chi connectivity index (χ2v) is 8.38. The summed E-state index contributed by atoms with van der Waals surface area (Å²) in [6.07, 6.45) is 10.9. The van der Waals surface area contributed by atoms with Crippen LogP contribution in [0.2, 0.25) is 0 Å². The highest BCUT2D eigenvalue weighted by molar-refractivity contribution is 5.73. The summed E-state index contributed by atoms with van der Waals surface area (Å²) in [7, 11) is 0. The van der Waals surface area contributed by atoms with Crippen LogP contribution in [0.25, 0.3) is 0 Å². The average Bonchev–Trinajstić information content (AvgIpc) is 3.01. The van der Waals surface area contributed by atoms with Gasteiger partial charge in [0.25, 0.3) is 0 Å². The van der Waals surface area contributed by atoms with Crippen molar-refractivity contribution in [3.63, 3.8) is 0 Å². The van der Waals surface area contributed by atoms with Crippen LogP contribution in [0.5, 0.6) is 0 Å². The molecular formula is C21H38O3. The van der Waals surface area contributed by atoms with Gasteiger partial charge in [-0.3, -0.25) is 4.79 Å². The molecule has 2 fully saturated rings. The third kappa shape index (κ3) is 4.15. The van der Waals surface area contributed by atoms with Gasteiger partial charge >= 0.3 is 5.97 Å². The van der Waals surface area contributed by atoms with E-state index in [1.807, 2.05) is 0 Å². The van der Waals surface area contributed by atoms with Crippen LogP contribution in [0.1, 0.15) is 98.8 Å². The third-order valence-corrected chi connectivity index (χ3v) is 6.51. The van der Waals surface area contributed by atoms with E-state index in [0.717, 1.165) is 31.6 Å². The minimum Gasteiger partial charge on any atom is -0.456 e. The Bertz CT molecular complexity index is 421. The van der Waals surface area contributed by atoms with Gasteiger partial charge in [-0.2, -0.15) is 0 Å². The number of rotatable bonds is 10. The highest BCUT2D eigenvalue weighted by Crippen LogP contribution is 2.51. The molecule has 0 aromatic rings. The lowest BCUT2D eigenvalue weighted by molar-refractivity contribution is -0.149. The van der Waals surface area contributed by atoms with Crippen molar-refractivity contribution in [1.29, 1.82) is 0 Å². The summed E-state index contributed by atoms with van der Waals surface area (Å²) in [5.74, 6) is 1.42. The van der Waals surface area contributed by atoms with E-state index in [0.29, 0.717) is 12.3 Å². The fraction of sp³-hybridized carbons (Fsp3) is 0.952. The summed E-state index contributed by atoms with van der Waals surface area (Å²) in [5.41, 5.74) is -0.441. The predicted octanol–water partition coefficient (Wildman–Crippen LogP) is 5.65. The fourth-order valence-corrected chi connectivity index (χ4v) is 5.03. The van der Waals surface area contributed by atoms with Gasteiger partial charge in [-0.05, 0) is 37.5 Å². The van der Waals surface area contributed by atoms with E-state index in [1.165, 1.54) is 32.1 Å². The van der Waals surface area contributed by atoms with Gasteiger partial charge in [0, 0.05) is 6.42 Å². The normalized spacial score (nSPS) is 34.9. The predicted molar refractivity (Wildman–Crippen MR) is 97.9 cm³/mol. The maximum Gasteiger partial charge on any atom is 0.309 e. The smallest absolute Gasteiger partial charge is 0.309 e. The van der Waals surface area contributed by atoms with Crippen molar-refractivity contribution < 1.29 is 14.3 Å². The highest BCUT2D eigenvalue weighted by Gasteiger charge is 2.60. The minimum absolute atomic E-state index is 0.0239. The zero-order valence-corrected chi connectivity index (χ0v) is 16.5. The van der Waals surface area contributed by atoms with Gasteiger partial charge < -0.3 is 9.47 Å². The van der Waals surface area contributed by atoms with Crippen molar-refractivity contribution in [3.05, 3.63) is 0 Å². The Balaban J connectivity index is 1.98. The zero-order chi connectivity index (χ0) is 17.8. The van der Waals surface area contributed by atoms with Gasteiger partial charge in [-0.1, -0.05) is 60.3 Å². The molecule has 0 aromatic heterocycles. The van der Waals surface area contributed by atoms with E-state index >= 15 is 0 Å². The quantitative estimate of drug-likeness (QED) is 0.483. The number of ether oxygens (including phenoxy) is 2. The third-order valence-electron chi connectivity index (χ3n) is 6.51. The van der Waals surface area contributed by atoms with Gasteiger partial charge in [-0.15, -0.1) is 0 Å². The van der Waals surface area contributed by atoms with E-state index in [9.17, 15) is 4.79 Å². The monoisotopic (exact) mass is 338 g/mol. The Labute approximate surface area is 148 Å². The van der Waals surface area contributed by atoms with E-state index < -0.39 is 0 Å². The van der Waals surface area contributed by atoms with E-state index in [1.54, 1.807) is 0 Å². The summed E-state index contributed by atoms with van der Waals surface area (Å²) >= 11 is 0. The molecular weight excluding hydrogens is 300 g/mol. The van der Waals surface area contributed by atoms with Crippen LogP contribution >= 0.6 is 0 Å². The Morgan fingerprint density at radius 2 is 1.96 bits per heavy atom. The van der Waals surface area contributed by atoms with Crippen molar-refractivity contribution >= 4 is 5.97 Å². The summed E-state index contributed by atoms with van der Waals surface area (Å²) in [4.78, 5) is 11.7. The number of carbonyl (C=O) groups is 1. The molecule has 0 aromatic carbocycles.